The lowest BCUT2D eigenvalue weighted by Crippen LogP contribution is -2.47. The zero-order valence-electron chi connectivity index (χ0n) is 13.6. The molecule has 0 aromatic carbocycles. The monoisotopic (exact) mass is 286 g/mol. The van der Waals surface area contributed by atoms with Crippen molar-refractivity contribution in [3.05, 3.63) is 0 Å². The van der Waals surface area contributed by atoms with Crippen LogP contribution in [0.4, 0.5) is 0 Å². The van der Waals surface area contributed by atoms with E-state index in [0.29, 0.717) is 11.4 Å². The molecule has 0 atom stereocenters. The predicted octanol–water partition coefficient (Wildman–Crippen LogP) is 2.20. The lowest BCUT2D eigenvalue weighted by molar-refractivity contribution is 0.309. The number of unbranched alkanes of at least 4 members (excludes halogenated alkanes) is 1. The normalized spacial score (nSPS) is 14.7. The first-order chi connectivity index (χ1) is 9.17. The van der Waals surface area contributed by atoms with Crippen LogP contribution in [0.2, 0.25) is 0 Å². The highest BCUT2D eigenvalue weighted by molar-refractivity contribution is 5.90. The van der Waals surface area contributed by atoms with E-state index >= 15 is 0 Å². The van der Waals surface area contributed by atoms with Crippen LogP contribution in [0.1, 0.15) is 54.4 Å². The first-order valence-electron chi connectivity index (χ1n) is 7.05. The highest BCUT2D eigenvalue weighted by atomic mass is 16.4. The zero-order chi connectivity index (χ0) is 15.8. The molecule has 0 aliphatic carbocycles. The van der Waals surface area contributed by atoms with Crippen molar-refractivity contribution in [1.82, 2.24) is 10.6 Å². The highest BCUT2D eigenvalue weighted by Crippen LogP contribution is 2.07. The molecule has 0 fully saturated rings. The molecule has 6 nitrogen and oxygen atoms in total. The predicted molar refractivity (Wildman–Crippen MR) is 83.2 cm³/mol. The largest absolute Gasteiger partial charge is 0.411 e. The summed E-state index contributed by atoms with van der Waals surface area (Å²) in [4.78, 5) is 0. The number of rotatable bonds is 9. The molecule has 0 bridgehead atoms. The molecular weight excluding hydrogens is 256 g/mol. The van der Waals surface area contributed by atoms with E-state index in [1.54, 1.807) is 13.8 Å². The summed E-state index contributed by atoms with van der Waals surface area (Å²) in [6, 6.07) is 0. The third-order valence-corrected chi connectivity index (χ3v) is 3.85. The molecule has 20 heavy (non-hydrogen) atoms. The van der Waals surface area contributed by atoms with E-state index in [9.17, 15) is 0 Å². The first-order valence-corrected chi connectivity index (χ1v) is 7.05. The van der Waals surface area contributed by atoms with Crippen LogP contribution >= 0.6 is 0 Å². The van der Waals surface area contributed by atoms with Crippen LogP contribution in [-0.2, 0) is 0 Å². The van der Waals surface area contributed by atoms with Crippen LogP contribution in [-0.4, -0.2) is 46.0 Å². The third kappa shape index (κ3) is 6.34. The van der Waals surface area contributed by atoms with Crippen LogP contribution in [0.25, 0.3) is 0 Å². The van der Waals surface area contributed by atoms with Gasteiger partial charge in [-0.3, -0.25) is 0 Å². The molecule has 0 aliphatic rings. The third-order valence-electron chi connectivity index (χ3n) is 3.85. The van der Waals surface area contributed by atoms with Gasteiger partial charge in [0.15, 0.2) is 0 Å². The second-order valence-corrected chi connectivity index (χ2v) is 6.18. The van der Waals surface area contributed by atoms with Crippen molar-refractivity contribution in [2.75, 3.05) is 13.1 Å². The Bertz CT molecular complexity index is 315. The average Bonchev–Trinajstić information content (AvgIpc) is 2.40. The summed E-state index contributed by atoms with van der Waals surface area (Å²) in [5.74, 6) is 0. The van der Waals surface area contributed by atoms with Crippen molar-refractivity contribution in [1.29, 1.82) is 0 Å². The molecule has 0 spiro atoms. The van der Waals surface area contributed by atoms with E-state index in [0.717, 1.165) is 25.9 Å². The van der Waals surface area contributed by atoms with Gasteiger partial charge >= 0.3 is 0 Å². The fraction of sp³-hybridized carbons (Fsp3) is 0.857. The second kappa shape index (κ2) is 8.21. The van der Waals surface area contributed by atoms with E-state index in [2.05, 4.69) is 20.9 Å². The van der Waals surface area contributed by atoms with Crippen molar-refractivity contribution < 1.29 is 10.4 Å². The van der Waals surface area contributed by atoms with Crippen LogP contribution in [0, 0.1) is 0 Å². The number of hydrogen-bond donors (Lipinski definition) is 4. The van der Waals surface area contributed by atoms with Gasteiger partial charge in [-0.2, -0.15) is 0 Å². The van der Waals surface area contributed by atoms with Gasteiger partial charge in [0.05, 0.1) is 22.5 Å². The molecule has 0 saturated heterocycles. The quantitative estimate of drug-likeness (QED) is 0.226. The van der Waals surface area contributed by atoms with Gasteiger partial charge in [-0.1, -0.05) is 10.3 Å². The van der Waals surface area contributed by atoms with E-state index in [-0.39, 0.29) is 11.1 Å². The number of nitrogens with zero attached hydrogens (tertiary/aromatic N) is 2. The summed E-state index contributed by atoms with van der Waals surface area (Å²) in [6.45, 7) is 13.3. The Balaban J connectivity index is 3.90. The maximum absolute atomic E-state index is 8.78. The summed E-state index contributed by atoms with van der Waals surface area (Å²) < 4.78 is 0. The molecule has 0 aliphatic heterocycles. The first kappa shape index (κ1) is 18.9. The van der Waals surface area contributed by atoms with Crippen LogP contribution in [0.3, 0.4) is 0 Å². The minimum Gasteiger partial charge on any atom is -0.411 e. The lowest BCUT2D eigenvalue weighted by Gasteiger charge is -2.26. The van der Waals surface area contributed by atoms with Gasteiger partial charge in [0.25, 0.3) is 0 Å². The zero-order valence-corrected chi connectivity index (χ0v) is 13.6. The van der Waals surface area contributed by atoms with Gasteiger partial charge in [0.2, 0.25) is 0 Å². The Morgan fingerprint density at radius 3 is 1.35 bits per heavy atom. The Labute approximate surface area is 122 Å². The Kier molecular flexibility index (Phi) is 7.75. The summed E-state index contributed by atoms with van der Waals surface area (Å²) in [5, 5.41) is 30.8. The van der Waals surface area contributed by atoms with Crippen molar-refractivity contribution in [2.24, 2.45) is 10.3 Å². The number of hydrogen-bond acceptors (Lipinski definition) is 6. The molecule has 0 amide bonds. The van der Waals surface area contributed by atoms with E-state index in [1.165, 1.54) is 0 Å². The SMILES string of the molecule is C/C(=N/O)C(C)(C)NCCCCNC(C)(C)/C(C)=N/O. The molecular formula is C14H30N4O2. The molecule has 118 valence electrons. The molecule has 0 heterocycles. The highest BCUT2D eigenvalue weighted by Gasteiger charge is 2.22. The maximum Gasteiger partial charge on any atom is 0.0734 e. The van der Waals surface area contributed by atoms with Crippen molar-refractivity contribution in [3.8, 4) is 0 Å². The van der Waals surface area contributed by atoms with Crippen molar-refractivity contribution in [2.45, 2.75) is 65.5 Å². The van der Waals surface area contributed by atoms with Gasteiger partial charge in [-0.15, -0.1) is 0 Å². The number of oxime groups is 2. The molecule has 4 N–H and O–H groups in total. The van der Waals surface area contributed by atoms with Crippen molar-refractivity contribution >= 4 is 11.4 Å². The second-order valence-electron chi connectivity index (χ2n) is 6.18. The standard InChI is InChI=1S/C14H30N4O2/c1-11(17-19)13(3,4)15-9-7-8-10-16-14(5,6)12(2)18-20/h15-16,19-20H,7-10H2,1-6H3/b17-11-,18-12+. The molecule has 0 unspecified atom stereocenters. The Hall–Kier alpha value is -1.14. The fourth-order valence-electron chi connectivity index (χ4n) is 1.56. The van der Waals surface area contributed by atoms with Crippen LogP contribution in [0.15, 0.2) is 10.3 Å². The fourth-order valence-corrected chi connectivity index (χ4v) is 1.56. The summed E-state index contributed by atoms with van der Waals surface area (Å²) in [5.41, 5.74) is 0.765. The molecule has 0 radical (unpaired) electrons. The van der Waals surface area contributed by atoms with Crippen LogP contribution in [0.5, 0.6) is 0 Å². The minimum absolute atomic E-state index is 0.290. The molecule has 0 saturated carbocycles. The van der Waals surface area contributed by atoms with Crippen molar-refractivity contribution in [3.63, 3.8) is 0 Å². The molecule has 0 rings (SSSR count). The smallest absolute Gasteiger partial charge is 0.0734 e. The van der Waals surface area contributed by atoms with Gasteiger partial charge in [0.1, 0.15) is 0 Å². The summed E-state index contributed by atoms with van der Waals surface area (Å²) in [7, 11) is 0. The molecule has 0 aromatic heterocycles. The van der Waals surface area contributed by atoms with E-state index in [4.69, 9.17) is 10.4 Å². The topological polar surface area (TPSA) is 89.2 Å². The number of nitrogens with one attached hydrogen (secondary N) is 2. The van der Waals surface area contributed by atoms with E-state index < -0.39 is 0 Å². The summed E-state index contributed by atoms with van der Waals surface area (Å²) in [6.07, 6.45) is 2.03. The lowest BCUT2D eigenvalue weighted by atomic mass is 9.99. The molecule has 0 aromatic rings. The Morgan fingerprint density at radius 1 is 0.800 bits per heavy atom. The van der Waals surface area contributed by atoms with Gasteiger partial charge < -0.3 is 21.0 Å². The molecule has 6 heteroatoms. The maximum atomic E-state index is 8.78. The summed E-state index contributed by atoms with van der Waals surface area (Å²) >= 11 is 0. The van der Waals surface area contributed by atoms with E-state index in [1.807, 2.05) is 27.7 Å². The minimum atomic E-state index is -0.290. The van der Waals surface area contributed by atoms with Crippen LogP contribution < -0.4 is 10.6 Å². The average molecular weight is 286 g/mol. The van der Waals surface area contributed by atoms with Gasteiger partial charge in [0, 0.05) is 0 Å². The van der Waals surface area contributed by atoms with Gasteiger partial charge in [-0.25, -0.2) is 0 Å². The van der Waals surface area contributed by atoms with Gasteiger partial charge in [-0.05, 0) is 67.5 Å². The Morgan fingerprint density at radius 2 is 1.10 bits per heavy atom.